The van der Waals surface area contributed by atoms with E-state index in [9.17, 15) is 4.79 Å². The zero-order valence-corrected chi connectivity index (χ0v) is 11.3. The lowest BCUT2D eigenvalue weighted by Gasteiger charge is -2.04. The zero-order chi connectivity index (χ0) is 12.8. The second-order valence-corrected chi connectivity index (χ2v) is 3.82. The van der Waals surface area contributed by atoms with Gasteiger partial charge in [0.2, 0.25) is 6.54 Å². The van der Waals surface area contributed by atoms with Crippen LogP contribution in [0.1, 0.15) is 0 Å². The summed E-state index contributed by atoms with van der Waals surface area (Å²) in [5.74, 6) is 0.710. The maximum Gasteiger partial charge on any atom is 0.290 e. The summed E-state index contributed by atoms with van der Waals surface area (Å²) in [6.45, 7) is 0.298. The van der Waals surface area contributed by atoms with Crippen molar-refractivity contribution in [3.63, 3.8) is 0 Å². The molecule has 1 amide bonds. The molecule has 5 heteroatoms. The summed E-state index contributed by atoms with van der Waals surface area (Å²) in [5.41, 5.74) is 0.761. The second kappa shape index (κ2) is 7.38. The predicted octanol–water partition coefficient (Wildman–Crippen LogP) is -1.37. The summed E-state index contributed by atoms with van der Waals surface area (Å²) in [4.78, 5) is 11.8. The van der Waals surface area contributed by atoms with Gasteiger partial charge in [-0.25, -0.2) is 0 Å². The molecule has 0 aliphatic heterocycles. The fourth-order valence-electron chi connectivity index (χ4n) is 1.58. The molecule has 0 atom stereocenters. The number of methoxy groups -OCH3 is 1. The summed E-state index contributed by atoms with van der Waals surface area (Å²) >= 11 is 0. The number of hydrogen-bond donors (Lipinski definition) is 1. The van der Waals surface area contributed by atoms with Gasteiger partial charge in [-0.15, -0.1) is 0 Å². The van der Waals surface area contributed by atoms with Crippen LogP contribution in [0.5, 0.6) is 5.75 Å². The molecule has 0 fully saturated rings. The molecule has 19 heavy (non-hydrogen) atoms. The van der Waals surface area contributed by atoms with Crippen molar-refractivity contribution >= 4 is 11.6 Å². The van der Waals surface area contributed by atoms with E-state index in [0.29, 0.717) is 6.54 Å². The van der Waals surface area contributed by atoms with Crippen LogP contribution in [0.3, 0.4) is 0 Å². The van der Waals surface area contributed by atoms with Gasteiger partial charge in [0.25, 0.3) is 5.91 Å². The van der Waals surface area contributed by atoms with Gasteiger partial charge in [0.15, 0.2) is 12.4 Å². The Hall–Kier alpha value is -2.07. The van der Waals surface area contributed by atoms with Gasteiger partial charge in [0.05, 0.1) is 7.11 Å². The quantitative estimate of drug-likeness (QED) is 0.701. The Morgan fingerprint density at radius 3 is 2.37 bits per heavy atom. The van der Waals surface area contributed by atoms with Crippen LogP contribution in [0, 0.1) is 0 Å². The minimum Gasteiger partial charge on any atom is -1.00 e. The fourth-order valence-corrected chi connectivity index (χ4v) is 1.58. The van der Waals surface area contributed by atoms with E-state index in [-0.39, 0.29) is 18.3 Å². The number of carbonyl (C=O) groups is 1. The summed E-state index contributed by atoms with van der Waals surface area (Å²) in [5, 5.41) is 2.83. The van der Waals surface area contributed by atoms with Crippen LogP contribution in [0.2, 0.25) is 0 Å². The lowest BCUT2D eigenvalue weighted by Crippen LogP contribution is -3.00. The Morgan fingerprint density at radius 1 is 1.16 bits per heavy atom. The van der Waals surface area contributed by atoms with Crippen molar-refractivity contribution in [2.75, 3.05) is 12.4 Å². The van der Waals surface area contributed by atoms with E-state index in [4.69, 9.17) is 4.74 Å². The van der Waals surface area contributed by atoms with Crippen LogP contribution in [0.4, 0.5) is 5.69 Å². The zero-order valence-electron chi connectivity index (χ0n) is 10.5. The first kappa shape index (κ1) is 15.0. The third kappa shape index (κ3) is 4.60. The lowest BCUT2D eigenvalue weighted by molar-refractivity contribution is -0.684. The number of amides is 1. The van der Waals surface area contributed by atoms with Gasteiger partial charge in [-0.1, -0.05) is 6.07 Å². The highest BCUT2D eigenvalue weighted by atomic mass is 35.5. The molecular formula is C14H15ClN2O2. The maximum atomic E-state index is 11.8. The molecule has 1 aromatic heterocycles. The molecule has 0 radical (unpaired) electrons. The van der Waals surface area contributed by atoms with E-state index in [1.54, 1.807) is 7.11 Å². The number of hydrogen-bond acceptors (Lipinski definition) is 2. The molecule has 0 bridgehead atoms. The van der Waals surface area contributed by atoms with Gasteiger partial charge in [0, 0.05) is 17.8 Å². The van der Waals surface area contributed by atoms with Crippen LogP contribution < -0.4 is 27.0 Å². The minimum absolute atomic E-state index is 0. The van der Waals surface area contributed by atoms with Gasteiger partial charge in [-0.05, 0) is 24.3 Å². The molecule has 2 aromatic rings. The Labute approximate surface area is 118 Å². The molecule has 1 heterocycles. The number of carbonyl (C=O) groups excluding carboxylic acids is 1. The highest BCUT2D eigenvalue weighted by Gasteiger charge is 2.08. The molecule has 4 nitrogen and oxygen atoms in total. The number of rotatable bonds is 4. The van der Waals surface area contributed by atoms with Gasteiger partial charge < -0.3 is 22.5 Å². The van der Waals surface area contributed by atoms with E-state index in [0.717, 1.165) is 11.4 Å². The standard InChI is InChI=1S/C14H14N2O2.ClH/c1-18-13-7-5-12(6-8-13)15-14(17)11-16-9-3-2-4-10-16;/h2-10H,11H2,1H3;1H. The maximum absolute atomic E-state index is 11.8. The average Bonchev–Trinajstić information content (AvgIpc) is 2.40. The van der Waals surface area contributed by atoms with Crippen molar-refractivity contribution < 1.29 is 26.5 Å². The number of pyridine rings is 1. The fraction of sp³-hybridized carbons (Fsp3) is 0.143. The van der Waals surface area contributed by atoms with Crippen molar-refractivity contribution in [1.29, 1.82) is 0 Å². The van der Waals surface area contributed by atoms with Crippen LogP contribution in [0.25, 0.3) is 0 Å². The van der Waals surface area contributed by atoms with E-state index >= 15 is 0 Å². The minimum atomic E-state index is -0.0589. The Morgan fingerprint density at radius 2 is 1.79 bits per heavy atom. The molecule has 1 aromatic carbocycles. The largest absolute Gasteiger partial charge is 1.00 e. The smallest absolute Gasteiger partial charge is 0.290 e. The number of nitrogens with one attached hydrogen (secondary N) is 1. The van der Waals surface area contributed by atoms with Gasteiger partial charge in [0.1, 0.15) is 5.75 Å². The van der Waals surface area contributed by atoms with Crippen LogP contribution in [-0.2, 0) is 11.3 Å². The molecule has 0 saturated carbocycles. The van der Waals surface area contributed by atoms with Gasteiger partial charge in [-0.3, -0.25) is 4.79 Å². The monoisotopic (exact) mass is 278 g/mol. The van der Waals surface area contributed by atoms with Crippen molar-refractivity contribution in [1.82, 2.24) is 0 Å². The first-order valence-electron chi connectivity index (χ1n) is 5.66. The SMILES string of the molecule is COc1ccc(NC(=O)C[n+]2ccccc2)cc1.[Cl-]. The summed E-state index contributed by atoms with van der Waals surface area (Å²) in [7, 11) is 1.61. The summed E-state index contributed by atoms with van der Waals surface area (Å²) in [6, 6.07) is 12.9. The van der Waals surface area contributed by atoms with Gasteiger partial charge >= 0.3 is 0 Å². The number of aromatic nitrogens is 1. The molecular weight excluding hydrogens is 264 g/mol. The first-order chi connectivity index (χ1) is 8.78. The summed E-state index contributed by atoms with van der Waals surface area (Å²) in [6.07, 6.45) is 3.71. The molecule has 0 saturated heterocycles. The molecule has 0 unspecified atom stereocenters. The number of anilines is 1. The number of benzene rings is 1. The third-order valence-corrected chi connectivity index (χ3v) is 2.48. The van der Waals surface area contributed by atoms with Crippen molar-refractivity contribution in [3.05, 3.63) is 54.9 Å². The van der Waals surface area contributed by atoms with Crippen LogP contribution in [-0.4, -0.2) is 13.0 Å². The molecule has 0 aliphatic rings. The molecule has 2 rings (SSSR count). The molecule has 0 aliphatic carbocycles. The molecule has 1 N–H and O–H groups in total. The van der Waals surface area contributed by atoms with Crippen LogP contribution >= 0.6 is 0 Å². The summed E-state index contributed by atoms with van der Waals surface area (Å²) < 4.78 is 6.87. The molecule has 0 spiro atoms. The lowest BCUT2D eigenvalue weighted by atomic mass is 10.3. The van der Waals surface area contributed by atoms with Crippen molar-refractivity contribution in [2.24, 2.45) is 0 Å². The average molecular weight is 279 g/mol. The second-order valence-electron chi connectivity index (χ2n) is 3.82. The van der Waals surface area contributed by atoms with Crippen molar-refractivity contribution in [3.8, 4) is 5.75 Å². The van der Waals surface area contributed by atoms with E-state index in [1.165, 1.54) is 0 Å². The number of ether oxygens (including phenoxy) is 1. The Bertz CT molecular complexity index is 515. The van der Waals surface area contributed by atoms with E-state index < -0.39 is 0 Å². The third-order valence-electron chi connectivity index (χ3n) is 2.48. The Kier molecular flexibility index (Phi) is 5.82. The van der Waals surface area contributed by atoms with Crippen molar-refractivity contribution in [2.45, 2.75) is 6.54 Å². The number of halogens is 1. The van der Waals surface area contributed by atoms with Gasteiger partial charge in [-0.2, -0.15) is 4.57 Å². The molecule has 100 valence electrons. The highest BCUT2D eigenvalue weighted by molar-refractivity contribution is 5.89. The highest BCUT2D eigenvalue weighted by Crippen LogP contribution is 2.14. The first-order valence-corrected chi connectivity index (χ1v) is 5.66. The number of nitrogens with zero attached hydrogens (tertiary/aromatic N) is 1. The predicted molar refractivity (Wildman–Crippen MR) is 68.3 cm³/mol. The topological polar surface area (TPSA) is 42.2 Å². The van der Waals surface area contributed by atoms with E-state index in [1.807, 2.05) is 59.4 Å². The van der Waals surface area contributed by atoms with E-state index in [2.05, 4.69) is 5.32 Å². The normalized spacial score (nSPS) is 9.32. The Balaban J connectivity index is 0.00000180. The van der Waals surface area contributed by atoms with Crippen LogP contribution in [0.15, 0.2) is 54.9 Å².